The number of esters is 1. The van der Waals surface area contributed by atoms with Crippen LogP contribution >= 0.6 is 11.6 Å². The molecule has 0 aliphatic heterocycles. The van der Waals surface area contributed by atoms with E-state index < -0.39 is 0 Å². The molecule has 0 aliphatic rings. The molecule has 0 aliphatic carbocycles. The molecule has 0 amide bonds. The van der Waals surface area contributed by atoms with E-state index in [1.165, 1.54) is 7.11 Å². The van der Waals surface area contributed by atoms with Crippen molar-refractivity contribution in [1.29, 1.82) is 0 Å². The molecule has 1 N–H and O–H groups in total. The van der Waals surface area contributed by atoms with Gasteiger partial charge in [-0.1, -0.05) is 11.6 Å². The number of benzene rings is 1. The summed E-state index contributed by atoms with van der Waals surface area (Å²) >= 11 is 5.90. The summed E-state index contributed by atoms with van der Waals surface area (Å²) < 4.78 is 6.18. The molecule has 0 saturated carbocycles. The largest absolute Gasteiger partial charge is 0.468 e. The number of hydrogen-bond donors (Lipinski definition) is 1. The number of methoxy groups -OCH3 is 1. The smallest absolute Gasteiger partial charge is 0.325 e. The molecule has 3 aromatic rings. The second-order valence-electron chi connectivity index (χ2n) is 4.87. The van der Waals surface area contributed by atoms with Gasteiger partial charge in [0.15, 0.2) is 5.82 Å². The molecule has 3 rings (SSSR count). The summed E-state index contributed by atoms with van der Waals surface area (Å²) in [5.74, 6) is 1.22. The maximum absolute atomic E-state index is 11.3. The number of rotatable bonds is 4. The highest BCUT2D eigenvalue weighted by molar-refractivity contribution is 6.30. The molecular formula is C15H14ClN5O2. The lowest BCUT2D eigenvalue weighted by Gasteiger charge is -2.07. The summed E-state index contributed by atoms with van der Waals surface area (Å²) in [6, 6.07) is 9.02. The average molecular weight is 332 g/mol. The minimum absolute atomic E-state index is 0.0329. The van der Waals surface area contributed by atoms with E-state index >= 15 is 0 Å². The first-order valence-corrected chi connectivity index (χ1v) is 7.25. The van der Waals surface area contributed by atoms with Gasteiger partial charge in [-0.05, 0) is 31.2 Å². The number of nitrogens with one attached hydrogen (secondary N) is 1. The van der Waals surface area contributed by atoms with Crippen LogP contribution in [0.5, 0.6) is 0 Å². The molecule has 23 heavy (non-hydrogen) atoms. The van der Waals surface area contributed by atoms with Crippen molar-refractivity contribution in [3.05, 3.63) is 41.0 Å². The van der Waals surface area contributed by atoms with Crippen LogP contribution in [0.25, 0.3) is 17.2 Å². The maximum Gasteiger partial charge on any atom is 0.325 e. The van der Waals surface area contributed by atoms with Crippen molar-refractivity contribution in [2.45, 2.75) is 6.92 Å². The molecule has 118 valence electrons. The van der Waals surface area contributed by atoms with Crippen LogP contribution in [0.4, 0.5) is 5.82 Å². The highest BCUT2D eigenvalue weighted by Gasteiger charge is 2.12. The van der Waals surface area contributed by atoms with Crippen LogP contribution in [-0.4, -0.2) is 39.2 Å². The zero-order chi connectivity index (χ0) is 16.4. The van der Waals surface area contributed by atoms with Crippen molar-refractivity contribution < 1.29 is 9.53 Å². The van der Waals surface area contributed by atoms with E-state index in [2.05, 4.69) is 25.1 Å². The molecule has 0 bridgehead atoms. The lowest BCUT2D eigenvalue weighted by molar-refractivity contribution is -0.138. The molecule has 0 atom stereocenters. The van der Waals surface area contributed by atoms with Crippen molar-refractivity contribution in [2.24, 2.45) is 0 Å². The van der Waals surface area contributed by atoms with E-state index in [0.29, 0.717) is 22.4 Å². The first kappa shape index (κ1) is 15.2. The highest BCUT2D eigenvalue weighted by Crippen LogP contribution is 2.20. The monoisotopic (exact) mass is 331 g/mol. The molecule has 1 aromatic carbocycles. The number of nitrogens with zero attached hydrogens (tertiary/aromatic N) is 4. The lowest BCUT2D eigenvalue weighted by Crippen LogP contribution is -2.17. The van der Waals surface area contributed by atoms with E-state index in [0.717, 1.165) is 11.3 Å². The molecule has 0 unspecified atom stereocenters. The first-order valence-electron chi connectivity index (χ1n) is 6.88. The van der Waals surface area contributed by atoms with Crippen molar-refractivity contribution in [3.8, 4) is 11.4 Å². The van der Waals surface area contributed by atoms with E-state index in [-0.39, 0.29) is 12.5 Å². The molecule has 0 fully saturated rings. The topological polar surface area (TPSA) is 81.4 Å². The van der Waals surface area contributed by atoms with Gasteiger partial charge >= 0.3 is 5.97 Å². The van der Waals surface area contributed by atoms with Crippen LogP contribution in [0.15, 0.2) is 30.3 Å². The lowest BCUT2D eigenvalue weighted by atomic mass is 10.2. The number of fused-ring (bicyclic) bond motifs is 1. The SMILES string of the molecule is COC(=O)CNc1cc(C)nc2nc(-c3ccc(Cl)cc3)nn12. The van der Waals surface area contributed by atoms with E-state index in [1.807, 2.05) is 19.1 Å². The van der Waals surface area contributed by atoms with Crippen LogP contribution in [0.1, 0.15) is 5.69 Å². The molecule has 7 nitrogen and oxygen atoms in total. The van der Waals surface area contributed by atoms with Gasteiger partial charge < -0.3 is 10.1 Å². The fourth-order valence-corrected chi connectivity index (χ4v) is 2.19. The van der Waals surface area contributed by atoms with Gasteiger partial charge in [0, 0.05) is 22.3 Å². The summed E-state index contributed by atoms with van der Waals surface area (Å²) in [4.78, 5) is 20.1. The number of anilines is 1. The zero-order valence-electron chi connectivity index (χ0n) is 12.6. The summed E-state index contributed by atoms with van der Waals surface area (Å²) in [7, 11) is 1.34. The van der Waals surface area contributed by atoms with Gasteiger partial charge in [0.1, 0.15) is 12.4 Å². The predicted molar refractivity (Wildman–Crippen MR) is 86.5 cm³/mol. The maximum atomic E-state index is 11.3. The van der Waals surface area contributed by atoms with Crippen molar-refractivity contribution in [2.75, 3.05) is 19.0 Å². The summed E-state index contributed by atoms with van der Waals surface area (Å²) in [5.41, 5.74) is 1.59. The molecule has 0 spiro atoms. The Hall–Kier alpha value is -2.67. The Morgan fingerprint density at radius 2 is 2.04 bits per heavy atom. The van der Waals surface area contributed by atoms with Gasteiger partial charge in [0.05, 0.1) is 7.11 Å². The Morgan fingerprint density at radius 1 is 1.30 bits per heavy atom. The second kappa shape index (κ2) is 6.21. The van der Waals surface area contributed by atoms with Crippen LogP contribution in [0, 0.1) is 6.92 Å². The molecular weight excluding hydrogens is 318 g/mol. The average Bonchev–Trinajstić information content (AvgIpc) is 2.96. The summed E-state index contributed by atoms with van der Waals surface area (Å²) in [6.45, 7) is 1.88. The third kappa shape index (κ3) is 3.24. The number of carbonyl (C=O) groups is 1. The second-order valence-corrected chi connectivity index (χ2v) is 5.30. The number of hydrogen-bond acceptors (Lipinski definition) is 6. The number of halogens is 1. The Balaban J connectivity index is 2.01. The Bertz CT molecular complexity index is 860. The van der Waals surface area contributed by atoms with Gasteiger partial charge in [-0.25, -0.2) is 4.98 Å². The number of ether oxygens (including phenoxy) is 1. The molecule has 0 saturated heterocycles. The van der Waals surface area contributed by atoms with Gasteiger partial charge in [-0.2, -0.15) is 9.50 Å². The fraction of sp³-hybridized carbons (Fsp3) is 0.200. The van der Waals surface area contributed by atoms with Crippen molar-refractivity contribution >= 4 is 29.2 Å². The van der Waals surface area contributed by atoms with Crippen LogP contribution < -0.4 is 5.32 Å². The first-order chi connectivity index (χ1) is 11.1. The summed E-state index contributed by atoms with van der Waals surface area (Å²) in [5, 5.41) is 8.07. The predicted octanol–water partition coefficient (Wildman–Crippen LogP) is 2.34. The zero-order valence-corrected chi connectivity index (χ0v) is 13.3. The standard InChI is InChI=1S/C15H14ClN5O2/c1-9-7-12(17-8-13(22)23-2)21-15(18-9)19-14(20-21)10-3-5-11(16)6-4-10/h3-7,17H,8H2,1-2H3. The molecule has 2 aromatic heterocycles. The van der Waals surface area contributed by atoms with Crippen LogP contribution in [-0.2, 0) is 9.53 Å². The minimum atomic E-state index is -0.370. The third-order valence-corrected chi connectivity index (χ3v) is 3.44. The van der Waals surface area contributed by atoms with Gasteiger partial charge in [-0.15, -0.1) is 5.10 Å². The molecule has 8 heteroatoms. The Morgan fingerprint density at radius 3 is 2.74 bits per heavy atom. The summed E-state index contributed by atoms with van der Waals surface area (Å²) in [6.07, 6.45) is 0. The van der Waals surface area contributed by atoms with Crippen LogP contribution in [0.2, 0.25) is 5.02 Å². The Kier molecular flexibility index (Phi) is 4.12. The minimum Gasteiger partial charge on any atom is -0.468 e. The fourth-order valence-electron chi connectivity index (χ4n) is 2.07. The van der Waals surface area contributed by atoms with E-state index in [9.17, 15) is 4.79 Å². The molecule has 0 radical (unpaired) electrons. The van der Waals surface area contributed by atoms with Crippen molar-refractivity contribution in [3.63, 3.8) is 0 Å². The quantitative estimate of drug-likeness (QED) is 0.739. The van der Waals surface area contributed by atoms with Gasteiger partial charge in [0.25, 0.3) is 5.78 Å². The normalized spacial score (nSPS) is 10.7. The third-order valence-electron chi connectivity index (χ3n) is 3.18. The van der Waals surface area contributed by atoms with E-state index in [4.69, 9.17) is 11.6 Å². The van der Waals surface area contributed by atoms with Gasteiger partial charge in [-0.3, -0.25) is 4.79 Å². The number of aryl methyl sites for hydroxylation is 1. The van der Waals surface area contributed by atoms with Gasteiger partial charge in [0.2, 0.25) is 0 Å². The molecule has 2 heterocycles. The highest BCUT2D eigenvalue weighted by atomic mass is 35.5. The van der Waals surface area contributed by atoms with Crippen molar-refractivity contribution in [1.82, 2.24) is 19.6 Å². The number of aromatic nitrogens is 4. The van der Waals surface area contributed by atoms with Crippen LogP contribution in [0.3, 0.4) is 0 Å². The Labute approximate surface area is 137 Å². The number of carbonyl (C=O) groups excluding carboxylic acids is 1. The van der Waals surface area contributed by atoms with E-state index in [1.54, 1.807) is 22.7 Å².